The molecule has 4 aromatic rings. The molecule has 1 unspecified atom stereocenters. The number of anilines is 3. The first-order valence-electron chi connectivity index (χ1n) is 24.2. The van der Waals surface area contributed by atoms with Gasteiger partial charge in [-0.2, -0.15) is 16.7 Å². The number of hydrogen-bond acceptors (Lipinski definition) is 14. The number of aliphatic hydroxyl groups is 1. The zero-order chi connectivity index (χ0) is 50.6. The zero-order valence-corrected chi connectivity index (χ0v) is 43.1. The Hall–Kier alpha value is -5.15. The van der Waals surface area contributed by atoms with E-state index in [4.69, 9.17) is 16.3 Å². The van der Waals surface area contributed by atoms with Crippen LogP contribution >= 0.6 is 34.7 Å². The molecule has 2 aliphatic heterocycles. The first-order valence-corrected chi connectivity index (χ1v) is 26.5. The van der Waals surface area contributed by atoms with E-state index in [-0.39, 0.29) is 43.8 Å². The number of amides is 4. The molecular formula is C50H63ClF2N10O6S2. The first kappa shape index (κ1) is 52.2. The molecule has 0 spiro atoms. The summed E-state index contributed by atoms with van der Waals surface area (Å²) in [5.41, 5.74) is 2.53. The third-order valence-electron chi connectivity index (χ3n) is 14.2. The minimum Gasteiger partial charge on any atom is -0.495 e. The Morgan fingerprint density at radius 1 is 1.04 bits per heavy atom. The highest BCUT2D eigenvalue weighted by Gasteiger charge is 2.54. The molecule has 4 aliphatic rings. The molecule has 2 aromatic heterocycles. The summed E-state index contributed by atoms with van der Waals surface area (Å²) in [5, 5.41) is 22.7. The maximum absolute atomic E-state index is 15.2. The number of thioether (sulfide) groups is 1. The molecule has 3 atom stereocenters. The molecule has 2 aliphatic carbocycles. The van der Waals surface area contributed by atoms with E-state index in [0.29, 0.717) is 70.0 Å². The molecular weight excluding hydrogens is 974 g/mol. The number of hydrogen-bond donors (Lipinski definition) is 5. The predicted molar refractivity (Wildman–Crippen MR) is 272 cm³/mol. The fourth-order valence-electron chi connectivity index (χ4n) is 9.64. The number of carbonyl (C=O) groups excluding carboxylic acids is 4. The quantitative estimate of drug-likeness (QED) is 0.0697. The molecule has 2 saturated heterocycles. The minimum atomic E-state index is -2.04. The van der Waals surface area contributed by atoms with E-state index in [2.05, 4.69) is 41.1 Å². The van der Waals surface area contributed by atoms with E-state index >= 15 is 8.78 Å². The van der Waals surface area contributed by atoms with Crippen molar-refractivity contribution in [3.63, 3.8) is 0 Å². The van der Waals surface area contributed by atoms with Crippen LogP contribution in [0.15, 0.2) is 48.1 Å². The summed E-state index contributed by atoms with van der Waals surface area (Å²) >= 11 is 9.10. The Balaban J connectivity index is 0.814. The standard InChI is InChI=1S/C50H63ClF2N10O6S2/c1-29-41(70-28-57-29)32-10-11-34(37(52)20-32)23-55-44(65)39-22-35(64)26-63(39)46(67)42(59-47(68)50(53)14-15-50)49(2,3)71-27-31-8-6-30(7-9-31)25-61-16-18-62(19-17-61)45(66)33-12-13-38(40(21-33)69-5)58-48-56-24-36(51)43(54-4)60-48/h10-13,20-21,24,28,30-31,35,39,42,64H,6-9,14-19,22-23,25-27H2,1-5H3,(H,55,65)(H,59,68)(H2,54,56,58,60)/t30?,31?,35-,39?,42-/m1/s1. The lowest BCUT2D eigenvalue weighted by molar-refractivity contribution is -0.143. The van der Waals surface area contributed by atoms with Gasteiger partial charge in [-0.15, -0.1) is 11.3 Å². The summed E-state index contributed by atoms with van der Waals surface area (Å²) < 4.78 is 35.1. The van der Waals surface area contributed by atoms with Crippen molar-refractivity contribution in [1.82, 2.24) is 40.3 Å². The van der Waals surface area contributed by atoms with Crippen molar-refractivity contribution < 1.29 is 37.8 Å². The van der Waals surface area contributed by atoms with Gasteiger partial charge in [-0.3, -0.25) is 24.1 Å². The third kappa shape index (κ3) is 12.4. The van der Waals surface area contributed by atoms with Crippen LogP contribution in [0.4, 0.5) is 26.2 Å². The second-order valence-corrected chi connectivity index (χ2v) is 22.6. The molecule has 21 heteroatoms. The Kier molecular flexibility index (Phi) is 16.4. The number of halogens is 3. The molecule has 16 nitrogen and oxygen atoms in total. The van der Waals surface area contributed by atoms with Crippen molar-refractivity contribution >= 4 is 75.8 Å². The minimum absolute atomic E-state index is 0.0354. The highest BCUT2D eigenvalue weighted by Crippen LogP contribution is 2.42. The van der Waals surface area contributed by atoms with Gasteiger partial charge >= 0.3 is 0 Å². The van der Waals surface area contributed by atoms with Crippen molar-refractivity contribution in [2.75, 3.05) is 69.8 Å². The van der Waals surface area contributed by atoms with Gasteiger partial charge in [-0.05, 0) is 107 Å². The fraction of sp³-hybridized carbons (Fsp3) is 0.540. The number of ether oxygens (including phenoxy) is 1. The van der Waals surface area contributed by atoms with Gasteiger partial charge in [-0.1, -0.05) is 23.7 Å². The van der Waals surface area contributed by atoms with Gasteiger partial charge in [0.2, 0.25) is 17.8 Å². The van der Waals surface area contributed by atoms with Gasteiger partial charge in [-0.25, -0.2) is 18.7 Å². The number of benzene rings is 2. The number of nitrogens with zero attached hydrogens (tertiary/aromatic N) is 6. The number of aryl methyl sites for hydroxylation is 1. The highest BCUT2D eigenvalue weighted by molar-refractivity contribution is 8.00. The van der Waals surface area contributed by atoms with Gasteiger partial charge in [0.1, 0.15) is 34.5 Å². The van der Waals surface area contributed by atoms with Crippen molar-refractivity contribution in [3.05, 3.63) is 75.8 Å². The number of β-amino-alcohol motifs (C(OH)–C–C–N with tert-alkyl or cyclic N) is 1. The summed E-state index contributed by atoms with van der Waals surface area (Å²) in [6.07, 6.45) is 4.67. The first-order chi connectivity index (χ1) is 33.9. The molecule has 4 heterocycles. The molecule has 0 bridgehead atoms. The van der Waals surface area contributed by atoms with E-state index in [9.17, 15) is 24.3 Å². The third-order valence-corrected chi connectivity index (χ3v) is 17.1. The van der Waals surface area contributed by atoms with Crippen LogP contribution in [0, 0.1) is 24.6 Å². The number of aliphatic hydroxyl groups excluding tert-OH is 1. The Labute approximate surface area is 426 Å². The lowest BCUT2D eigenvalue weighted by Gasteiger charge is -2.40. The van der Waals surface area contributed by atoms with E-state index < -0.39 is 52.1 Å². The van der Waals surface area contributed by atoms with E-state index in [0.717, 1.165) is 55.9 Å². The van der Waals surface area contributed by atoms with Crippen LogP contribution in [0.1, 0.15) is 80.4 Å². The molecule has 71 heavy (non-hydrogen) atoms. The summed E-state index contributed by atoms with van der Waals surface area (Å²) in [7, 11) is 3.26. The van der Waals surface area contributed by atoms with Gasteiger partial charge in [0.05, 0.1) is 41.2 Å². The van der Waals surface area contributed by atoms with Gasteiger partial charge in [0.25, 0.3) is 11.8 Å². The SMILES string of the molecule is CNc1nc(Nc2ccc(C(=O)N3CCN(CC4CCC(CSC(C)(C)[C@H](NC(=O)C5(F)CC5)C(=O)N5C[C@H](O)CC5C(=O)NCc5ccc(-c6scnc6C)cc5F)CC4)CC3)cc2OC)ncc1Cl. The van der Waals surface area contributed by atoms with Crippen molar-refractivity contribution in [3.8, 4) is 16.2 Å². The number of rotatable bonds is 18. The molecule has 2 saturated carbocycles. The van der Waals surface area contributed by atoms with Crippen LogP contribution in [0.2, 0.25) is 5.02 Å². The van der Waals surface area contributed by atoms with Crippen LogP contribution in [-0.2, 0) is 20.9 Å². The molecule has 4 amide bonds. The van der Waals surface area contributed by atoms with Crippen LogP contribution < -0.4 is 26.0 Å². The lowest BCUT2D eigenvalue weighted by atomic mass is 9.82. The monoisotopic (exact) mass is 1040 g/mol. The second-order valence-electron chi connectivity index (χ2n) is 19.6. The van der Waals surface area contributed by atoms with Gasteiger partial charge in [0, 0.05) is 75.2 Å². The van der Waals surface area contributed by atoms with Crippen LogP contribution in [0.5, 0.6) is 5.75 Å². The zero-order valence-electron chi connectivity index (χ0n) is 40.7. The Morgan fingerprint density at radius 2 is 1.77 bits per heavy atom. The lowest BCUT2D eigenvalue weighted by Crippen LogP contribution is -2.61. The number of alkyl halides is 1. The number of aromatic nitrogens is 3. The summed E-state index contributed by atoms with van der Waals surface area (Å²) in [5.74, 6) is 0.336. The fourth-order valence-corrected chi connectivity index (χ4v) is 12.0. The van der Waals surface area contributed by atoms with Crippen LogP contribution in [-0.4, -0.2) is 146 Å². The predicted octanol–water partition coefficient (Wildman–Crippen LogP) is 6.84. The van der Waals surface area contributed by atoms with Crippen molar-refractivity contribution in [2.45, 2.75) is 101 Å². The molecule has 5 N–H and O–H groups in total. The summed E-state index contributed by atoms with van der Waals surface area (Å²) in [6, 6.07) is 7.78. The number of thiazole rings is 1. The van der Waals surface area contributed by atoms with Gasteiger partial charge in [0.15, 0.2) is 5.67 Å². The normalized spacial score (nSPS) is 21.6. The van der Waals surface area contributed by atoms with E-state index in [1.54, 1.807) is 61.8 Å². The molecule has 382 valence electrons. The van der Waals surface area contributed by atoms with E-state index in [1.165, 1.54) is 28.5 Å². The number of carbonyl (C=O) groups is 4. The van der Waals surface area contributed by atoms with Crippen molar-refractivity contribution in [1.29, 1.82) is 0 Å². The highest BCUT2D eigenvalue weighted by atomic mass is 35.5. The second kappa shape index (κ2) is 22.3. The molecule has 2 aromatic carbocycles. The topological polar surface area (TPSA) is 194 Å². The van der Waals surface area contributed by atoms with Crippen molar-refractivity contribution in [2.24, 2.45) is 11.8 Å². The maximum atomic E-state index is 15.2. The largest absolute Gasteiger partial charge is 0.495 e. The number of methoxy groups -OCH3 is 1. The summed E-state index contributed by atoms with van der Waals surface area (Å²) in [6.45, 7) is 9.00. The number of nitrogens with one attached hydrogen (secondary N) is 4. The summed E-state index contributed by atoms with van der Waals surface area (Å²) in [4.78, 5) is 74.4. The van der Waals surface area contributed by atoms with E-state index in [1.807, 2.05) is 25.7 Å². The number of piperazine rings is 1. The van der Waals surface area contributed by atoms with Crippen LogP contribution in [0.25, 0.3) is 10.4 Å². The Bertz CT molecular complexity index is 2590. The smallest absolute Gasteiger partial charge is 0.258 e. The maximum Gasteiger partial charge on any atom is 0.258 e. The number of likely N-dealkylation sites (tertiary alicyclic amines) is 1. The van der Waals surface area contributed by atoms with Gasteiger partial charge < -0.3 is 40.9 Å². The Morgan fingerprint density at radius 3 is 2.44 bits per heavy atom. The average Bonchev–Trinajstić information content (AvgIpc) is 3.77. The molecule has 4 fully saturated rings. The average molecular weight is 1040 g/mol. The molecule has 0 radical (unpaired) electrons. The van der Waals surface area contributed by atoms with Crippen LogP contribution in [0.3, 0.4) is 0 Å². The molecule has 8 rings (SSSR count).